The minimum absolute atomic E-state index is 0.216. The molecule has 0 heterocycles. The van der Waals surface area contributed by atoms with Gasteiger partial charge >= 0.3 is 0 Å². The first-order chi connectivity index (χ1) is 11.2. The molecule has 6 heteroatoms. The van der Waals surface area contributed by atoms with Crippen LogP contribution in [0, 0.1) is 0 Å². The zero-order valence-corrected chi connectivity index (χ0v) is 14.6. The standard InChI is InChI=1S/C18H10B5Br/c19-16(17(20,21)18(22,23)24)15-13-7-3-1-5-11(13)9-10-12-6-2-4-8-14(12)15/h1-10H. The quantitative estimate of drug-likeness (QED) is 0.487. The Morgan fingerprint density at radius 3 is 1.58 bits per heavy atom. The highest BCUT2D eigenvalue weighted by atomic mass is 79.9. The van der Waals surface area contributed by atoms with Gasteiger partial charge in [0.2, 0.25) is 0 Å². The number of hydrogen-bond donors (Lipinski definition) is 0. The normalized spacial score (nSPS) is 13.8. The van der Waals surface area contributed by atoms with Crippen molar-refractivity contribution < 1.29 is 0 Å². The molecule has 0 nitrogen and oxygen atoms in total. The van der Waals surface area contributed by atoms with Gasteiger partial charge in [-0.15, -0.1) is 21.4 Å². The van der Waals surface area contributed by atoms with E-state index in [0.29, 0.717) is 0 Å². The fraction of sp³-hybridized carbons (Fsp3) is 0.111. The van der Waals surface area contributed by atoms with Crippen LogP contribution in [-0.2, 0) is 0 Å². The molecule has 10 radical (unpaired) electrons. The third-order valence-electron chi connectivity index (χ3n) is 4.25. The summed E-state index contributed by atoms with van der Waals surface area (Å²) in [4.78, 5) is 0. The van der Waals surface area contributed by atoms with Gasteiger partial charge in [0.1, 0.15) is 7.85 Å². The Kier molecular flexibility index (Phi) is 4.55. The smallest absolute Gasteiger partial charge is 0.107 e. The molecule has 1 aliphatic rings. The third kappa shape index (κ3) is 2.90. The Morgan fingerprint density at radius 2 is 1.17 bits per heavy atom. The maximum atomic E-state index is 6.42. The topological polar surface area (TPSA) is 0 Å². The van der Waals surface area contributed by atoms with Crippen LogP contribution in [0.3, 0.4) is 0 Å². The van der Waals surface area contributed by atoms with Crippen LogP contribution < -0.4 is 0 Å². The average Bonchev–Trinajstić information content (AvgIpc) is 2.70. The maximum absolute atomic E-state index is 6.42. The van der Waals surface area contributed by atoms with Crippen LogP contribution in [0.2, 0.25) is 5.21 Å². The molecule has 2 aromatic rings. The summed E-state index contributed by atoms with van der Waals surface area (Å²) in [5.41, 5.74) is 4.82. The van der Waals surface area contributed by atoms with Crippen molar-refractivity contribution in [1.82, 2.24) is 0 Å². The summed E-state index contributed by atoms with van der Waals surface area (Å²) in [5, 5.41) is -1.66. The number of halogens is 1. The lowest BCUT2D eigenvalue weighted by Crippen LogP contribution is -2.41. The van der Waals surface area contributed by atoms with Crippen molar-refractivity contribution >= 4 is 72.9 Å². The fourth-order valence-corrected chi connectivity index (χ4v) is 2.98. The van der Waals surface area contributed by atoms with E-state index in [1.165, 1.54) is 0 Å². The second-order valence-electron chi connectivity index (χ2n) is 5.93. The van der Waals surface area contributed by atoms with Gasteiger partial charge in [0.05, 0.1) is 31.4 Å². The predicted octanol–water partition coefficient (Wildman–Crippen LogP) is 2.94. The van der Waals surface area contributed by atoms with E-state index in [2.05, 4.69) is 15.9 Å². The second-order valence-corrected chi connectivity index (χ2v) is 7.25. The number of allylic oxidation sites excluding steroid dienone is 1. The van der Waals surface area contributed by atoms with Crippen molar-refractivity contribution in [1.29, 1.82) is 0 Å². The first-order valence-corrected chi connectivity index (χ1v) is 8.24. The maximum Gasteiger partial charge on any atom is 0.107 e. The minimum atomic E-state index is -1.66. The Labute approximate surface area is 158 Å². The molecule has 0 unspecified atom stereocenters. The van der Waals surface area contributed by atoms with Crippen LogP contribution >= 0.6 is 15.9 Å². The van der Waals surface area contributed by atoms with Crippen molar-refractivity contribution in [2.45, 2.75) is 9.34 Å². The lowest BCUT2D eigenvalue weighted by atomic mass is 9.33. The van der Waals surface area contributed by atoms with Gasteiger partial charge < -0.3 is 0 Å². The van der Waals surface area contributed by atoms with Gasteiger partial charge in [0, 0.05) is 0 Å². The summed E-state index contributed by atoms with van der Waals surface area (Å²) in [5.74, 6) is 0. The molecular weight excluding hydrogens is 350 g/mol. The summed E-state index contributed by atoms with van der Waals surface area (Å²) < 4.78 is -1.57. The molecule has 2 aromatic carbocycles. The van der Waals surface area contributed by atoms with Gasteiger partial charge in [-0.25, -0.2) is 0 Å². The van der Waals surface area contributed by atoms with Crippen LogP contribution in [0.15, 0.2) is 54.0 Å². The molecule has 0 saturated heterocycles. The van der Waals surface area contributed by atoms with Crippen molar-refractivity contribution in [2.24, 2.45) is 0 Å². The molecule has 0 spiro atoms. The molecule has 0 N–H and O–H groups in total. The lowest BCUT2D eigenvalue weighted by Gasteiger charge is -2.43. The Hall–Kier alpha value is -1.28. The second kappa shape index (κ2) is 6.22. The number of rotatable bonds is 2. The number of benzene rings is 2. The number of fused-ring (bicyclic) bond motifs is 2. The van der Waals surface area contributed by atoms with Crippen LogP contribution in [-0.4, -0.2) is 43.4 Å². The SMILES string of the molecule is [B]C(=C1c2ccccc2C=Cc2ccccc21)C([B])([B])C([B])([B])Br. The van der Waals surface area contributed by atoms with E-state index in [4.69, 9.17) is 39.2 Å². The van der Waals surface area contributed by atoms with Gasteiger partial charge in [0.25, 0.3) is 0 Å². The molecule has 0 aromatic heterocycles. The molecular formula is C18H10B5Br. The molecule has 104 valence electrons. The first kappa shape index (κ1) is 17.5. The molecule has 0 bridgehead atoms. The third-order valence-corrected chi connectivity index (χ3v) is 4.91. The van der Waals surface area contributed by atoms with Crippen molar-refractivity contribution in [3.8, 4) is 0 Å². The van der Waals surface area contributed by atoms with Gasteiger partial charge in [-0.2, -0.15) is 0 Å². The molecule has 0 aliphatic heterocycles. The first-order valence-electron chi connectivity index (χ1n) is 7.45. The molecule has 24 heavy (non-hydrogen) atoms. The summed E-state index contributed by atoms with van der Waals surface area (Å²) in [6.45, 7) is 0. The zero-order valence-electron chi connectivity index (χ0n) is 13.0. The summed E-state index contributed by atoms with van der Waals surface area (Å²) >= 11 is 3.14. The average molecular weight is 360 g/mol. The van der Waals surface area contributed by atoms with Crippen LogP contribution in [0.1, 0.15) is 22.3 Å². The number of alkyl halides is 1. The summed E-state index contributed by atoms with van der Waals surface area (Å²) in [6.07, 6.45) is 4.07. The minimum Gasteiger partial charge on any atom is -0.120 e. The van der Waals surface area contributed by atoms with Crippen LogP contribution in [0.25, 0.3) is 17.7 Å². The van der Waals surface area contributed by atoms with Gasteiger partial charge in [-0.05, 0) is 27.8 Å². The lowest BCUT2D eigenvalue weighted by molar-refractivity contribution is 0.976. The van der Waals surface area contributed by atoms with E-state index in [1.54, 1.807) is 0 Å². The van der Waals surface area contributed by atoms with Crippen molar-refractivity contribution in [3.63, 3.8) is 0 Å². The van der Waals surface area contributed by atoms with E-state index in [0.717, 1.165) is 27.8 Å². The zero-order chi connectivity index (χ0) is 17.5. The Balaban J connectivity index is 2.39. The molecule has 3 rings (SSSR count). The number of hydrogen-bond acceptors (Lipinski definition) is 0. The Bertz CT molecular complexity index is 795. The fourth-order valence-electron chi connectivity index (χ4n) is 2.77. The van der Waals surface area contributed by atoms with Gasteiger partial charge in [-0.3, -0.25) is 0 Å². The molecule has 0 atom stereocenters. The van der Waals surface area contributed by atoms with E-state index in [-0.39, 0.29) is 5.47 Å². The summed E-state index contributed by atoms with van der Waals surface area (Å²) in [7, 11) is 30.7. The molecule has 0 fully saturated rings. The van der Waals surface area contributed by atoms with E-state index < -0.39 is 9.34 Å². The van der Waals surface area contributed by atoms with Crippen molar-refractivity contribution in [3.05, 3.63) is 76.3 Å². The predicted molar refractivity (Wildman–Crippen MR) is 111 cm³/mol. The summed E-state index contributed by atoms with van der Waals surface area (Å²) in [6, 6.07) is 15.8. The van der Waals surface area contributed by atoms with E-state index in [9.17, 15) is 0 Å². The van der Waals surface area contributed by atoms with Gasteiger partial charge in [0.15, 0.2) is 0 Å². The van der Waals surface area contributed by atoms with E-state index in [1.807, 2.05) is 60.7 Å². The van der Waals surface area contributed by atoms with Crippen LogP contribution in [0.5, 0.6) is 0 Å². The van der Waals surface area contributed by atoms with Crippen molar-refractivity contribution in [2.75, 3.05) is 0 Å². The molecule has 1 aliphatic carbocycles. The van der Waals surface area contributed by atoms with Crippen LogP contribution in [0.4, 0.5) is 0 Å². The van der Waals surface area contributed by atoms with Gasteiger partial charge in [-0.1, -0.05) is 70.0 Å². The largest absolute Gasteiger partial charge is 0.120 e. The highest BCUT2D eigenvalue weighted by molar-refractivity contribution is 9.11. The van der Waals surface area contributed by atoms with E-state index >= 15 is 0 Å². The monoisotopic (exact) mass is 360 g/mol. The molecule has 0 saturated carbocycles. The Morgan fingerprint density at radius 1 is 0.750 bits per heavy atom. The highest BCUT2D eigenvalue weighted by Crippen LogP contribution is 2.46. The highest BCUT2D eigenvalue weighted by Gasteiger charge is 2.35. The molecule has 0 amide bonds.